The number of hydrogen-bond acceptors (Lipinski definition) is 5. The number of nitrogens with two attached hydrogens (primary N) is 1. The second-order valence-corrected chi connectivity index (χ2v) is 5.14. The van der Waals surface area contributed by atoms with Gasteiger partial charge in [-0.3, -0.25) is 4.90 Å². The van der Waals surface area contributed by atoms with E-state index < -0.39 is 13.1 Å². The lowest BCUT2D eigenvalue weighted by Gasteiger charge is -2.39. The summed E-state index contributed by atoms with van der Waals surface area (Å²) in [6, 6.07) is 4.49. The predicted octanol–water partition coefficient (Wildman–Crippen LogP) is 0.413. The van der Waals surface area contributed by atoms with Gasteiger partial charge in [-0.25, -0.2) is 9.78 Å². The molecule has 2 heterocycles. The maximum Gasteiger partial charge on any atom is 0.376 e. The molecule has 2 amide bonds. The number of anilines is 1. The van der Waals surface area contributed by atoms with Crippen molar-refractivity contribution in [3.05, 3.63) is 24.0 Å². The number of rotatable bonds is 3. The lowest BCUT2D eigenvalue weighted by Crippen LogP contribution is -2.55. The number of carbonyl (C=O) groups is 1. The molecule has 0 unspecified atom stereocenters. The molecule has 1 aliphatic heterocycles. The van der Waals surface area contributed by atoms with Crippen molar-refractivity contribution < 1.29 is 9.82 Å². The summed E-state index contributed by atoms with van der Waals surface area (Å²) in [4.78, 5) is 19.2. The number of pyridine rings is 1. The summed E-state index contributed by atoms with van der Waals surface area (Å²) in [7, 11) is -0.554. The van der Waals surface area contributed by atoms with Gasteiger partial charge in [0.2, 0.25) is 0 Å². The Labute approximate surface area is 124 Å². The van der Waals surface area contributed by atoms with E-state index in [2.05, 4.69) is 4.98 Å². The van der Waals surface area contributed by atoms with Gasteiger partial charge in [0.1, 0.15) is 11.8 Å². The fourth-order valence-corrected chi connectivity index (χ4v) is 2.65. The summed E-state index contributed by atoms with van der Waals surface area (Å²) in [6.07, 6.45) is 3.17. The number of nitriles is 1. The summed E-state index contributed by atoms with van der Waals surface area (Å²) >= 11 is 0. The van der Waals surface area contributed by atoms with Gasteiger partial charge < -0.3 is 15.6 Å². The Balaban J connectivity index is 2.22. The first-order chi connectivity index (χ1) is 10.0. The Kier molecular flexibility index (Phi) is 4.78. The predicted molar refractivity (Wildman–Crippen MR) is 79.4 cm³/mol. The molecule has 0 aliphatic carbocycles. The smallest absolute Gasteiger partial charge is 0.376 e. The third-order valence-electron chi connectivity index (χ3n) is 3.70. The molecule has 21 heavy (non-hydrogen) atoms. The Bertz CT molecular complexity index is 542. The minimum Gasteiger partial charge on any atom is -0.437 e. The molecular formula is C13H18BN5O2. The highest BCUT2D eigenvalue weighted by Crippen LogP contribution is 2.22. The van der Waals surface area contributed by atoms with Gasteiger partial charge in [0, 0.05) is 6.54 Å². The number of hydrogen-bond donors (Lipinski definition) is 2. The summed E-state index contributed by atoms with van der Waals surface area (Å²) in [5.74, 6) is 0. The summed E-state index contributed by atoms with van der Waals surface area (Å²) < 4.78 is 0. The van der Waals surface area contributed by atoms with Crippen LogP contribution in [0.5, 0.6) is 0 Å². The van der Waals surface area contributed by atoms with Gasteiger partial charge in [-0.2, -0.15) is 5.26 Å². The number of urea groups is 1. The second kappa shape index (κ2) is 6.56. The maximum atomic E-state index is 11.8. The van der Waals surface area contributed by atoms with E-state index in [0.717, 1.165) is 19.4 Å². The molecule has 1 aliphatic rings. The van der Waals surface area contributed by atoms with E-state index in [1.807, 2.05) is 10.9 Å². The van der Waals surface area contributed by atoms with E-state index in [1.165, 1.54) is 11.1 Å². The molecule has 2 rings (SSSR count). The molecule has 0 aromatic carbocycles. The monoisotopic (exact) mass is 287 g/mol. The average molecular weight is 287 g/mol. The second-order valence-electron chi connectivity index (χ2n) is 5.14. The van der Waals surface area contributed by atoms with E-state index >= 15 is 0 Å². The van der Waals surface area contributed by atoms with Crippen LogP contribution in [0.4, 0.5) is 10.5 Å². The fourth-order valence-electron chi connectivity index (χ4n) is 2.65. The van der Waals surface area contributed by atoms with Crippen molar-refractivity contribution in [3.8, 4) is 6.07 Å². The van der Waals surface area contributed by atoms with Crippen molar-refractivity contribution in [3.63, 3.8) is 0 Å². The first-order valence-corrected chi connectivity index (χ1v) is 6.90. The Morgan fingerprint density at radius 3 is 2.95 bits per heavy atom. The van der Waals surface area contributed by atoms with Gasteiger partial charge in [0.05, 0.1) is 17.9 Å². The minimum atomic E-state index is -0.557. The van der Waals surface area contributed by atoms with Crippen LogP contribution in [0.15, 0.2) is 18.3 Å². The maximum absolute atomic E-state index is 11.8. The third-order valence-corrected chi connectivity index (χ3v) is 3.70. The highest BCUT2D eigenvalue weighted by Gasteiger charge is 2.31. The number of aromatic nitrogens is 1. The summed E-state index contributed by atoms with van der Waals surface area (Å²) in [5.41, 5.74) is 6.36. The Morgan fingerprint density at radius 2 is 2.43 bits per heavy atom. The number of nitrogens with zero attached hydrogens (tertiary/aromatic N) is 4. The summed E-state index contributed by atoms with van der Waals surface area (Å²) in [5, 5.41) is 18.5. The lowest BCUT2D eigenvalue weighted by molar-refractivity contribution is 0.240. The standard InChI is InChI=1S/C13H18BN5O2/c1-14(21)18-6-2-3-12(9-18)19(13(16)20)11-5-4-10(7-15)17-8-11/h4-5,8,12,21H,2-3,6,9H2,1H3,(H2,16,20)/t12-/m1/s1. The number of carbonyl (C=O) groups excluding carboxylic acids is 1. The SMILES string of the molecule is CB(O)N1CCC[C@@H](N(C(N)=O)c2ccc(C#N)nc2)C1. The van der Waals surface area contributed by atoms with Crippen molar-refractivity contribution in [1.29, 1.82) is 5.26 Å². The molecule has 1 aromatic heterocycles. The normalized spacial score (nSPS) is 18.8. The molecule has 8 heteroatoms. The highest BCUT2D eigenvalue weighted by atomic mass is 16.2. The van der Waals surface area contributed by atoms with Gasteiger partial charge >= 0.3 is 13.1 Å². The van der Waals surface area contributed by atoms with Crippen LogP contribution in [0.1, 0.15) is 18.5 Å². The topological polar surface area (TPSA) is 106 Å². The van der Waals surface area contributed by atoms with Crippen LogP contribution in [0.25, 0.3) is 0 Å². The van der Waals surface area contributed by atoms with Crippen LogP contribution in [0.3, 0.4) is 0 Å². The molecule has 0 radical (unpaired) electrons. The van der Waals surface area contributed by atoms with Gasteiger partial charge in [0.15, 0.2) is 0 Å². The number of primary amides is 1. The van der Waals surface area contributed by atoms with Crippen LogP contribution in [-0.4, -0.2) is 47.0 Å². The van der Waals surface area contributed by atoms with E-state index in [1.54, 1.807) is 19.0 Å². The van der Waals surface area contributed by atoms with Crippen LogP contribution in [-0.2, 0) is 0 Å². The molecule has 1 fully saturated rings. The molecule has 3 N–H and O–H groups in total. The lowest BCUT2D eigenvalue weighted by atomic mass is 9.82. The fraction of sp³-hybridized carbons (Fsp3) is 0.462. The minimum absolute atomic E-state index is 0.111. The van der Waals surface area contributed by atoms with Crippen LogP contribution in [0, 0.1) is 11.3 Å². The van der Waals surface area contributed by atoms with Crippen molar-refractivity contribution in [2.75, 3.05) is 18.0 Å². The van der Waals surface area contributed by atoms with Crippen LogP contribution < -0.4 is 10.6 Å². The van der Waals surface area contributed by atoms with E-state index in [4.69, 9.17) is 11.0 Å². The average Bonchev–Trinajstić information content (AvgIpc) is 2.48. The van der Waals surface area contributed by atoms with Crippen molar-refractivity contribution in [2.45, 2.75) is 25.7 Å². The Morgan fingerprint density at radius 1 is 1.67 bits per heavy atom. The molecule has 1 saturated heterocycles. The number of amides is 2. The number of piperidine rings is 1. The van der Waals surface area contributed by atoms with E-state index in [-0.39, 0.29) is 11.7 Å². The quantitative estimate of drug-likeness (QED) is 0.783. The van der Waals surface area contributed by atoms with E-state index in [0.29, 0.717) is 12.2 Å². The first kappa shape index (κ1) is 15.3. The molecule has 7 nitrogen and oxygen atoms in total. The van der Waals surface area contributed by atoms with Gasteiger partial charge in [-0.1, -0.05) is 0 Å². The molecule has 0 saturated carbocycles. The van der Waals surface area contributed by atoms with Gasteiger partial charge in [-0.15, -0.1) is 0 Å². The Hall–Kier alpha value is -2.11. The summed E-state index contributed by atoms with van der Waals surface area (Å²) in [6.45, 7) is 3.06. The van der Waals surface area contributed by atoms with Gasteiger partial charge in [-0.05, 0) is 38.3 Å². The zero-order chi connectivity index (χ0) is 15.4. The van der Waals surface area contributed by atoms with Crippen LogP contribution in [0.2, 0.25) is 6.82 Å². The molecule has 110 valence electrons. The molecule has 0 bridgehead atoms. The third kappa shape index (κ3) is 3.51. The van der Waals surface area contributed by atoms with Crippen molar-refractivity contribution in [2.24, 2.45) is 5.73 Å². The van der Waals surface area contributed by atoms with Crippen molar-refractivity contribution in [1.82, 2.24) is 9.79 Å². The van der Waals surface area contributed by atoms with Crippen LogP contribution >= 0.6 is 0 Å². The largest absolute Gasteiger partial charge is 0.437 e. The van der Waals surface area contributed by atoms with Gasteiger partial charge in [0.25, 0.3) is 0 Å². The zero-order valence-corrected chi connectivity index (χ0v) is 11.9. The highest BCUT2D eigenvalue weighted by molar-refractivity contribution is 6.45. The molecular weight excluding hydrogens is 269 g/mol. The molecule has 0 spiro atoms. The zero-order valence-electron chi connectivity index (χ0n) is 11.9. The molecule has 1 aromatic rings. The van der Waals surface area contributed by atoms with E-state index in [9.17, 15) is 9.82 Å². The van der Waals surface area contributed by atoms with Crippen molar-refractivity contribution >= 4 is 18.8 Å². The first-order valence-electron chi connectivity index (χ1n) is 6.90. The molecule has 1 atom stereocenters.